The molecule has 0 saturated carbocycles. The van der Waals surface area contributed by atoms with Gasteiger partial charge in [-0.15, -0.1) is 32.2 Å². The second-order valence-corrected chi connectivity index (χ2v) is 5.25. The largest absolute Gasteiger partial charge is 0.576 e. The summed E-state index contributed by atoms with van der Waals surface area (Å²) in [4.78, 5) is 0. The van der Waals surface area contributed by atoms with Crippen LogP contribution in [0.5, 0.6) is 0 Å². The van der Waals surface area contributed by atoms with Crippen molar-refractivity contribution >= 4 is 31.4 Å². The molecule has 1 spiro atoms. The zero-order chi connectivity index (χ0) is 9.31. The summed E-state index contributed by atoms with van der Waals surface area (Å²) < 4.78 is 21.6. The average molecular weight is 248 g/mol. The van der Waals surface area contributed by atoms with Crippen molar-refractivity contribution in [1.29, 1.82) is 0 Å². The molecule has 2 rings (SSSR count). The van der Waals surface area contributed by atoms with Crippen molar-refractivity contribution in [2.45, 2.75) is 12.2 Å². The zero-order valence-corrected chi connectivity index (χ0v) is 9.23. The SMILES string of the molecule is ClCC1CO[P+]2(OCC(CCl)O2)O1. The molecule has 7 heteroatoms. The Labute approximate surface area is 87.0 Å². The van der Waals surface area contributed by atoms with E-state index in [9.17, 15) is 0 Å². The molecule has 0 bridgehead atoms. The summed E-state index contributed by atoms with van der Waals surface area (Å²) in [7, 11) is -2.51. The summed E-state index contributed by atoms with van der Waals surface area (Å²) in [6, 6.07) is 0. The normalized spacial score (nSPS) is 44.8. The number of alkyl halides is 2. The quantitative estimate of drug-likeness (QED) is 0.553. The minimum Gasteiger partial charge on any atom is -0.150 e. The van der Waals surface area contributed by atoms with Crippen LogP contribution in [0.4, 0.5) is 0 Å². The van der Waals surface area contributed by atoms with E-state index in [4.69, 9.17) is 41.3 Å². The highest BCUT2D eigenvalue weighted by molar-refractivity contribution is 7.57. The smallest absolute Gasteiger partial charge is 0.150 e. The van der Waals surface area contributed by atoms with E-state index in [2.05, 4.69) is 0 Å². The molecule has 76 valence electrons. The first-order valence-electron chi connectivity index (χ1n) is 3.95. The molecule has 0 aliphatic carbocycles. The van der Waals surface area contributed by atoms with Crippen LogP contribution in [0.15, 0.2) is 0 Å². The lowest BCUT2D eigenvalue weighted by molar-refractivity contribution is 0.178. The van der Waals surface area contributed by atoms with Gasteiger partial charge in [-0.25, -0.2) is 0 Å². The van der Waals surface area contributed by atoms with Gasteiger partial charge >= 0.3 is 8.17 Å². The molecule has 0 aromatic rings. The van der Waals surface area contributed by atoms with Crippen LogP contribution in [0, 0.1) is 0 Å². The van der Waals surface area contributed by atoms with E-state index in [0.717, 1.165) is 0 Å². The van der Waals surface area contributed by atoms with Gasteiger partial charge in [0.25, 0.3) is 0 Å². The Morgan fingerprint density at radius 3 is 1.77 bits per heavy atom. The first kappa shape index (κ1) is 10.4. The minimum absolute atomic E-state index is 0.121. The van der Waals surface area contributed by atoms with Crippen LogP contribution in [0.2, 0.25) is 0 Å². The Balaban J connectivity index is 1.93. The third kappa shape index (κ3) is 2.10. The zero-order valence-electron chi connectivity index (χ0n) is 6.82. The standard InChI is InChI=1S/C6H10Cl2O4P/c7-1-5-3-9-13(11-5)10-4-6(2-8)12-13/h5-6H,1-4H2/q+1. The molecule has 2 aliphatic heterocycles. The van der Waals surface area contributed by atoms with Crippen LogP contribution in [0.25, 0.3) is 0 Å². The maximum atomic E-state index is 5.62. The van der Waals surface area contributed by atoms with E-state index in [1.54, 1.807) is 0 Å². The second-order valence-electron chi connectivity index (χ2n) is 2.80. The highest BCUT2D eigenvalue weighted by atomic mass is 35.5. The summed E-state index contributed by atoms with van der Waals surface area (Å²) >= 11 is 11.2. The molecule has 2 heterocycles. The van der Waals surface area contributed by atoms with Gasteiger partial charge in [-0.3, -0.25) is 0 Å². The molecule has 2 saturated heterocycles. The summed E-state index contributed by atoms with van der Waals surface area (Å²) in [5, 5.41) is 0. The van der Waals surface area contributed by atoms with Crippen LogP contribution in [-0.4, -0.2) is 37.2 Å². The molecule has 13 heavy (non-hydrogen) atoms. The number of rotatable bonds is 2. The van der Waals surface area contributed by atoms with E-state index < -0.39 is 8.17 Å². The number of hydrogen-bond acceptors (Lipinski definition) is 4. The molecular formula is C6H10Cl2O4P+. The van der Waals surface area contributed by atoms with E-state index in [1.165, 1.54) is 0 Å². The molecule has 0 aromatic heterocycles. The Kier molecular flexibility index (Phi) is 3.31. The fourth-order valence-electron chi connectivity index (χ4n) is 1.10. The van der Waals surface area contributed by atoms with E-state index in [0.29, 0.717) is 25.0 Å². The van der Waals surface area contributed by atoms with Crippen molar-refractivity contribution in [2.75, 3.05) is 25.0 Å². The van der Waals surface area contributed by atoms with Gasteiger partial charge in [0, 0.05) is 0 Å². The molecule has 0 amide bonds. The topological polar surface area (TPSA) is 36.9 Å². The van der Waals surface area contributed by atoms with Crippen molar-refractivity contribution in [3.05, 3.63) is 0 Å². The van der Waals surface area contributed by atoms with Gasteiger partial charge in [-0.05, 0) is 0 Å². The van der Waals surface area contributed by atoms with Gasteiger partial charge in [0.1, 0.15) is 13.2 Å². The molecular weight excluding hydrogens is 238 g/mol. The molecule has 2 unspecified atom stereocenters. The van der Waals surface area contributed by atoms with E-state index in [1.807, 2.05) is 0 Å². The molecule has 0 N–H and O–H groups in total. The Hall–Kier alpha value is 0.850. The molecule has 2 atom stereocenters. The molecule has 0 radical (unpaired) electrons. The van der Waals surface area contributed by atoms with Crippen LogP contribution >= 0.6 is 31.4 Å². The van der Waals surface area contributed by atoms with Crippen LogP contribution in [-0.2, 0) is 18.1 Å². The predicted molar refractivity (Wildman–Crippen MR) is 50.0 cm³/mol. The van der Waals surface area contributed by atoms with Gasteiger partial charge < -0.3 is 0 Å². The van der Waals surface area contributed by atoms with Crippen molar-refractivity contribution < 1.29 is 18.1 Å². The second kappa shape index (κ2) is 4.15. The molecule has 0 aromatic carbocycles. The average Bonchev–Trinajstić information content (AvgIpc) is 2.74. The summed E-state index contributed by atoms with van der Waals surface area (Å²) in [5.74, 6) is 0.778. The number of hydrogen-bond donors (Lipinski definition) is 0. The Morgan fingerprint density at radius 1 is 1.00 bits per heavy atom. The first-order chi connectivity index (χ1) is 6.28. The maximum Gasteiger partial charge on any atom is 0.576 e. The third-order valence-electron chi connectivity index (χ3n) is 1.74. The van der Waals surface area contributed by atoms with Crippen LogP contribution < -0.4 is 0 Å². The maximum absolute atomic E-state index is 5.62. The fraction of sp³-hybridized carbons (Fsp3) is 1.00. The number of halogens is 2. The van der Waals surface area contributed by atoms with Gasteiger partial charge in [0.05, 0.1) is 11.8 Å². The summed E-state index contributed by atoms with van der Waals surface area (Å²) in [5.41, 5.74) is 0. The monoisotopic (exact) mass is 247 g/mol. The predicted octanol–water partition coefficient (Wildman–Crippen LogP) is 1.97. The minimum atomic E-state index is -2.51. The first-order valence-corrected chi connectivity index (χ1v) is 6.48. The van der Waals surface area contributed by atoms with Crippen molar-refractivity contribution in [1.82, 2.24) is 0 Å². The summed E-state index contributed by atoms with van der Waals surface area (Å²) in [6.07, 6.45) is -0.242. The lowest BCUT2D eigenvalue weighted by Crippen LogP contribution is -2.11. The lowest BCUT2D eigenvalue weighted by atomic mass is 10.5. The summed E-state index contributed by atoms with van der Waals surface area (Å²) in [6.45, 7) is 0.874. The molecule has 2 fully saturated rings. The van der Waals surface area contributed by atoms with Gasteiger partial charge in [-0.2, -0.15) is 9.05 Å². The third-order valence-corrected chi connectivity index (χ3v) is 4.47. The Bertz CT molecular complexity index is 173. The highest BCUT2D eigenvalue weighted by Crippen LogP contribution is 2.71. The van der Waals surface area contributed by atoms with Crippen molar-refractivity contribution in [2.24, 2.45) is 0 Å². The highest BCUT2D eigenvalue weighted by Gasteiger charge is 2.63. The van der Waals surface area contributed by atoms with E-state index >= 15 is 0 Å². The van der Waals surface area contributed by atoms with Crippen molar-refractivity contribution in [3.8, 4) is 0 Å². The van der Waals surface area contributed by atoms with E-state index in [-0.39, 0.29) is 12.2 Å². The molecule has 2 aliphatic rings. The van der Waals surface area contributed by atoms with Gasteiger partial charge in [-0.1, -0.05) is 0 Å². The fourth-order valence-corrected chi connectivity index (χ4v) is 3.65. The van der Waals surface area contributed by atoms with Crippen LogP contribution in [0.3, 0.4) is 0 Å². The lowest BCUT2D eigenvalue weighted by Gasteiger charge is -2.05. The van der Waals surface area contributed by atoms with Gasteiger partial charge in [0.2, 0.25) is 0 Å². The van der Waals surface area contributed by atoms with Crippen molar-refractivity contribution in [3.63, 3.8) is 0 Å². The Morgan fingerprint density at radius 2 is 1.46 bits per heavy atom. The molecule has 4 nitrogen and oxygen atoms in total. The van der Waals surface area contributed by atoms with Gasteiger partial charge in [0.15, 0.2) is 12.2 Å². The van der Waals surface area contributed by atoms with Crippen LogP contribution in [0.1, 0.15) is 0 Å².